The Morgan fingerprint density at radius 3 is 2.47 bits per heavy atom. The molecule has 0 spiro atoms. The van der Waals surface area contributed by atoms with Crippen molar-refractivity contribution in [1.82, 2.24) is 9.97 Å². The zero-order chi connectivity index (χ0) is 24.1. The minimum atomic E-state index is -0.875. The number of carbonyl (C=O) groups is 2. The largest absolute Gasteiger partial charge is 0.481 e. The molecule has 0 bridgehead atoms. The van der Waals surface area contributed by atoms with Crippen LogP contribution >= 0.6 is 0 Å². The summed E-state index contributed by atoms with van der Waals surface area (Å²) in [5.41, 5.74) is 2.95. The molecule has 172 valence electrons. The molecule has 0 unspecified atom stereocenters. The van der Waals surface area contributed by atoms with Crippen LogP contribution in [0.4, 0.5) is 14.5 Å². The molecule has 0 saturated carbocycles. The number of unbranched alkanes of at least 4 members (excludes halogenated alkanes) is 1. The molecule has 0 saturated heterocycles. The summed E-state index contributed by atoms with van der Waals surface area (Å²) >= 11 is 0. The van der Waals surface area contributed by atoms with Crippen LogP contribution in [0.3, 0.4) is 0 Å². The Morgan fingerprint density at radius 2 is 1.71 bits per heavy atom. The van der Waals surface area contributed by atoms with Gasteiger partial charge >= 0.3 is 5.97 Å². The third kappa shape index (κ3) is 5.40. The molecule has 1 heterocycles. The number of aromatic nitrogens is 2. The summed E-state index contributed by atoms with van der Waals surface area (Å²) in [7, 11) is 0. The summed E-state index contributed by atoms with van der Waals surface area (Å²) in [6.07, 6.45) is 1.50. The fraction of sp³-hybridized carbons (Fsp3) is 0.154. The summed E-state index contributed by atoms with van der Waals surface area (Å²) in [5.74, 6) is -2.32. The molecule has 4 aromatic rings. The second-order valence-electron chi connectivity index (χ2n) is 7.77. The van der Waals surface area contributed by atoms with E-state index in [-0.39, 0.29) is 17.7 Å². The molecular weight excluding hydrogens is 440 g/mol. The number of amides is 1. The van der Waals surface area contributed by atoms with Gasteiger partial charge in [0, 0.05) is 17.5 Å². The molecule has 1 amide bonds. The van der Waals surface area contributed by atoms with E-state index >= 15 is 0 Å². The van der Waals surface area contributed by atoms with Gasteiger partial charge in [-0.05, 0) is 61.7 Å². The predicted molar refractivity (Wildman–Crippen MR) is 124 cm³/mol. The van der Waals surface area contributed by atoms with Crippen LogP contribution in [0.1, 0.15) is 35.3 Å². The quantitative estimate of drug-likeness (QED) is 0.332. The predicted octanol–water partition coefficient (Wildman–Crippen LogP) is 5.62. The van der Waals surface area contributed by atoms with Crippen LogP contribution in [-0.4, -0.2) is 27.0 Å². The van der Waals surface area contributed by atoms with Crippen molar-refractivity contribution in [3.8, 4) is 11.3 Å². The minimum Gasteiger partial charge on any atom is -0.481 e. The van der Waals surface area contributed by atoms with E-state index in [1.807, 2.05) is 0 Å². The zero-order valence-corrected chi connectivity index (χ0v) is 18.1. The van der Waals surface area contributed by atoms with E-state index < -0.39 is 23.5 Å². The summed E-state index contributed by atoms with van der Waals surface area (Å²) in [4.78, 5) is 32.8. The molecule has 34 heavy (non-hydrogen) atoms. The fourth-order valence-corrected chi connectivity index (χ4v) is 3.60. The Bertz CT molecular complexity index is 1370. The molecule has 4 rings (SSSR count). The van der Waals surface area contributed by atoms with Crippen molar-refractivity contribution >= 4 is 28.6 Å². The Balaban J connectivity index is 1.68. The molecule has 2 N–H and O–H groups in total. The number of rotatable bonds is 8. The maximum atomic E-state index is 13.9. The van der Waals surface area contributed by atoms with E-state index in [0.717, 1.165) is 0 Å². The summed E-state index contributed by atoms with van der Waals surface area (Å²) in [5, 5.41) is 11.4. The number of carboxylic acids is 1. The molecule has 8 heteroatoms. The molecule has 6 nitrogen and oxygen atoms in total. The second-order valence-corrected chi connectivity index (χ2v) is 7.77. The average molecular weight is 461 g/mol. The third-order valence-electron chi connectivity index (χ3n) is 5.27. The SMILES string of the molecule is O=C(O)CCCCc1nc2cc(C(=O)Nc3ccccc3F)ccc2nc1-c1cccc(F)c1. The van der Waals surface area contributed by atoms with E-state index in [0.29, 0.717) is 47.2 Å². The van der Waals surface area contributed by atoms with Crippen molar-refractivity contribution in [3.63, 3.8) is 0 Å². The number of carbonyl (C=O) groups excluding carboxylic acids is 1. The molecule has 0 atom stereocenters. The molecule has 3 aromatic carbocycles. The lowest BCUT2D eigenvalue weighted by Gasteiger charge is -2.12. The van der Waals surface area contributed by atoms with Crippen molar-refractivity contribution < 1.29 is 23.5 Å². The Morgan fingerprint density at radius 1 is 0.882 bits per heavy atom. The minimum absolute atomic E-state index is 0.0384. The number of hydrogen-bond acceptors (Lipinski definition) is 4. The highest BCUT2D eigenvalue weighted by molar-refractivity contribution is 6.06. The lowest BCUT2D eigenvalue weighted by molar-refractivity contribution is -0.137. The first-order valence-electron chi connectivity index (χ1n) is 10.7. The molecule has 0 aliphatic heterocycles. The van der Waals surface area contributed by atoms with Gasteiger partial charge in [0.15, 0.2) is 0 Å². The second kappa shape index (κ2) is 10.2. The van der Waals surface area contributed by atoms with Crippen LogP contribution in [0.25, 0.3) is 22.3 Å². The fourth-order valence-electron chi connectivity index (χ4n) is 3.60. The van der Waals surface area contributed by atoms with Gasteiger partial charge in [-0.2, -0.15) is 0 Å². The zero-order valence-electron chi connectivity index (χ0n) is 18.1. The van der Waals surface area contributed by atoms with E-state index in [1.165, 1.54) is 30.3 Å². The van der Waals surface area contributed by atoms with Crippen LogP contribution in [0, 0.1) is 11.6 Å². The maximum absolute atomic E-state index is 13.9. The van der Waals surface area contributed by atoms with Crippen LogP contribution in [0.15, 0.2) is 66.7 Å². The van der Waals surface area contributed by atoms with Crippen LogP contribution in [-0.2, 0) is 11.2 Å². The Hall–Kier alpha value is -4.20. The number of aliphatic carboxylic acids is 1. The highest BCUT2D eigenvalue weighted by Crippen LogP contribution is 2.26. The molecule has 0 aliphatic rings. The van der Waals surface area contributed by atoms with Gasteiger partial charge in [-0.15, -0.1) is 0 Å². The number of para-hydroxylation sites is 1. The van der Waals surface area contributed by atoms with Gasteiger partial charge in [-0.25, -0.2) is 18.7 Å². The first kappa shape index (κ1) is 23.0. The monoisotopic (exact) mass is 461 g/mol. The van der Waals surface area contributed by atoms with Gasteiger partial charge in [-0.1, -0.05) is 24.3 Å². The van der Waals surface area contributed by atoms with Crippen molar-refractivity contribution in [3.05, 3.63) is 89.6 Å². The number of carboxylic acid groups (broad SMARTS) is 1. The summed E-state index contributed by atoms with van der Waals surface area (Å²) < 4.78 is 27.8. The number of fused-ring (bicyclic) bond motifs is 1. The lowest BCUT2D eigenvalue weighted by Crippen LogP contribution is -2.13. The summed E-state index contributed by atoms with van der Waals surface area (Å²) in [6.45, 7) is 0. The molecule has 0 radical (unpaired) electrons. The van der Waals surface area contributed by atoms with E-state index in [9.17, 15) is 18.4 Å². The number of aryl methyl sites for hydroxylation is 1. The number of benzene rings is 3. The van der Waals surface area contributed by atoms with Crippen molar-refractivity contribution in [1.29, 1.82) is 0 Å². The van der Waals surface area contributed by atoms with Gasteiger partial charge in [0.1, 0.15) is 11.6 Å². The van der Waals surface area contributed by atoms with E-state index in [2.05, 4.69) is 15.3 Å². The van der Waals surface area contributed by atoms with Gasteiger partial charge in [0.25, 0.3) is 5.91 Å². The number of nitrogens with zero attached hydrogens (tertiary/aromatic N) is 2. The Labute approximate surface area is 194 Å². The molecule has 1 aromatic heterocycles. The van der Waals surface area contributed by atoms with Crippen LogP contribution < -0.4 is 5.32 Å². The number of nitrogens with one attached hydrogen (secondary N) is 1. The van der Waals surface area contributed by atoms with Gasteiger partial charge in [-0.3, -0.25) is 9.59 Å². The molecule has 0 fully saturated rings. The van der Waals surface area contributed by atoms with Crippen molar-refractivity contribution in [2.24, 2.45) is 0 Å². The third-order valence-corrected chi connectivity index (χ3v) is 5.27. The van der Waals surface area contributed by atoms with Crippen LogP contribution in [0.2, 0.25) is 0 Å². The number of halogens is 2. The van der Waals surface area contributed by atoms with Gasteiger partial charge in [0.2, 0.25) is 0 Å². The van der Waals surface area contributed by atoms with Gasteiger partial charge in [0.05, 0.1) is 28.1 Å². The first-order valence-corrected chi connectivity index (χ1v) is 10.7. The van der Waals surface area contributed by atoms with Gasteiger partial charge < -0.3 is 10.4 Å². The average Bonchev–Trinajstić information content (AvgIpc) is 2.82. The molecular formula is C26H21F2N3O3. The van der Waals surface area contributed by atoms with Crippen LogP contribution in [0.5, 0.6) is 0 Å². The maximum Gasteiger partial charge on any atom is 0.303 e. The molecule has 0 aliphatic carbocycles. The smallest absolute Gasteiger partial charge is 0.303 e. The Kier molecular flexibility index (Phi) is 6.87. The highest BCUT2D eigenvalue weighted by Gasteiger charge is 2.15. The van der Waals surface area contributed by atoms with E-state index in [1.54, 1.807) is 36.4 Å². The normalized spacial score (nSPS) is 10.9. The number of anilines is 1. The lowest BCUT2D eigenvalue weighted by atomic mass is 10.0. The number of hydrogen-bond donors (Lipinski definition) is 2. The topological polar surface area (TPSA) is 92.2 Å². The standard InChI is InChI=1S/C26H21F2N3O3/c27-18-7-5-6-16(14-18)25-22(10-3-4-11-24(32)33)29-23-15-17(12-13-21(23)30-25)26(34)31-20-9-2-1-8-19(20)28/h1-2,5-9,12-15H,3-4,10-11H2,(H,31,34)(H,32,33). The highest BCUT2D eigenvalue weighted by atomic mass is 19.1. The van der Waals surface area contributed by atoms with Crippen molar-refractivity contribution in [2.45, 2.75) is 25.7 Å². The van der Waals surface area contributed by atoms with E-state index in [4.69, 9.17) is 5.11 Å². The first-order chi connectivity index (χ1) is 16.4. The summed E-state index contributed by atoms with van der Waals surface area (Å²) in [6, 6.07) is 16.7. The van der Waals surface area contributed by atoms with Crippen molar-refractivity contribution in [2.75, 3.05) is 5.32 Å².